The van der Waals surface area contributed by atoms with Gasteiger partial charge in [0.2, 0.25) is 11.6 Å². The third-order valence-corrected chi connectivity index (χ3v) is 2.85. The average molecular weight is 275 g/mol. The van der Waals surface area contributed by atoms with E-state index < -0.39 is 0 Å². The zero-order valence-corrected chi connectivity index (χ0v) is 11.0. The monoisotopic (exact) mass is 274 g/mol. The number of oxazole rings is 1. The second-order valence-corrected chi connectivity index (χ2v) is 4.62. The summed E-state index contributed by atoms with van der Waals surface area (Å²) in [5.74, 6) is 1.25. The normalized spacial score (nSPS) is 10.8. The van der Waals surface area contributed by atoms with E-state index in [1.807, 2.05) is 31.2 Å². The van der Waals surface area contributed by atoms with Crippen molar-refractivity contribution in [3.8, 4) is 5.75 Å². The van der Waals surface area contributed by atoms with Gasteiger partial charge in [-0.25, -0.2) is 9.97 Å². The number of nitrogens with zero attached hydrogens (tertiary/aromatic N) is 2. The Hall–Kier alpha value is -2.07. The van der Waals surface area contributed by atoms with Crippen LogP contribution in [0.15, 0.2) is 40.9 Å². The molecule has 0 unspecified atom stereocenters. The van der Waals surface area contributed by atoms with Crippen molar-refractivity contribution in [1.82, 2.24) is 9.97 Å². The van der Waals surface area contributed by atoms with Gasteiger partial charge in [-0.1, -0.05) is 29.3 Å². The highest BCUT2D eigenvalue weighted by atomic mass is 35.5. The van der Waals surface area contributed by atoms with Crippen LogP contribution in [-0.4, -0.2) is 9.97 Å². The molecule has 0 radical (unpaired) electrons. The summed E-state index contributed by atoms with van der Waals surface area (Å²) >= 11 is 5.84. The Labute approximate surface area is 115 Å². The fourth-order valence-electron chi connectivity index (χ4n) is 1.68. The predicted molar refractivity (Wildman–Crippen MR) is 72.3 cm³/mol. The standard InChI is InChI=1S/C14H11ClN2O2/c1-9-2-4-11(5-3-9)18-8-13-17-12-6-10(15)7-16-14(12)19-13/h2-7H,8H2,1H3. The number of aromatic nitrogens is 2. The van der Waals surface area contributed by atoms with E-state index in [4.69, 9.17) is 20.8 Å². The highest BCUT2D eigenvalue weighted by molar-refractivity contribution is 6.30. The summed E-state index contributed by atoms with van der Waals surface area (Å²) in [6.45, 7) is 2.29. The molecule has 0 bridgehead atoms. The third-order valence-electron chi connectivity index (χ3n) is 2.64. The molecule has 4 nitrogen and oxygen atoms in total. The summed E-state index contributed by atoms with van der Waals surface area (Å²) in [5, 5.41) is 0.534. The number of halogens is 1. The van der Waals surface area contributed by atoms with E-state index in [0.717, 1.165) is 5.75 Å². The Morgan fingerprint density at radius 3 is 2.84 bits per heavy atom. The minimum absolute atomic E-state index is 0.261. The summed E-state index contributed by atoms with van der Waals surface area (Å²) in [7, 11) is 0. The minimum atomic E-state index is 0.261. The molecular formula is C14H11ClN2O2. The van der Waals surface area contributed by atoms with Gasteiger partial charge >= 0.3 is 0 Å². The third kappa shape index (κ3) is 2.69. The Balaban J connectivity index is 1.76. The average Bonchev–Trinajstić information content (AvgIpc) is 2.80. The first-order valence-corrected chi connectivity index (χ1v) is 6.19. The van der Waals surface area contributed by atoms with E-state index in [2.05, 4.69) is 9.97 Å². The zero-order chi connectivity index (χ0) is 13.2. The number of rotatable bonds is 3. The molecule has 0 atom stereocenters. The van der Waals surface area contributed by atoms with Crippen LogP contribution in [0.1, 0.15) is 11.5 Å². The lowest BCUT2D eigenvalue weighted by molar-refractivity contribution is 0.266. The number of hydrogen-bond acceptors (Lipinski definition) is 4. The van der Waals surface area contributed by atoms with Gasteiger partial charge in [0.05, 0.1) is 5.02 Å². The molecule has 0 aliphatic carbocycles. The van der Waals surface area contributed by atoms with Crippen LogP contribution >= 0.6 is 11.6 Å². The maximum atomic E-state index is 5.84. The Bertz CT molecular complexity index is 707. The predicted octanol–water partition coefficient (Wildman–Crippen LogP) is 3.76. The number of pyridine rings is 1. The van der Waals surface area contributed by atoms with Crippen LogP contribution in [0, 0.1) is 6.92 Å². The molecule has 0 aliphatic rings. The Morgan fingerprint density at radius 2 is 2.05 bits per heavy atom. The summed E-state index contributed by atoms with van der Waals surface area (Å²) < 4.78 is 11.1. The molecule has 5 heteroatoms. The molecule has 0 N–H and O–H groups in total. The molecule has 2 heterocycles. The number of ether oxygens (including phenoxy) is 1. The molecule has 0 saturated carbocycles. The minimum Gasteiger partial charge on any atom is -0.484 e. The number of fused-ring (bicyclic) bond motifs is 1. The maximum Gasteiger partial charge on any atom is 0.247 e. The van der Waals surface area contributed by atoms with Crippen molar-refractivity contribution >= 4 is 22.8 Å². The van der Waals surface area contributed by atoms with E-state index in [0.29, 0.717) is 22.1 Å². The summed E-state index contributed by atoms with van der Waals surface area (Å²) in [6.07, 6.45) is 1.53. The molecule has 0 saturated heterocycles. The van der Waals surface area contributed by atoms with Crippen LogP contribution in [0.5, 0.6) is 5.75 Å². The molecule has 19 heavy (non-hydrogen) atoms. The van der Waals surface area contributed by atoms with Crippen molar-refractivity contribution in [3.63, 3.8) is 0 Å². The fraction of sp³-hybridized carbons (Fsp3) is 0.143. The van der Waals surface area contributed by atoms with Gasteiger partial charge in [0, 0.05) is 6.20 Å². The number of hydrogen-bond donors (Lipinski definition) is 0. The van der Waals surface area contributed by atoms with Gasteiger partial charge in [-0.2, -0.15) is 0 Å². The van der Waals surface area contributed by atoms with Gasteiger partial charge in [-0.3, -0.25) is 0 Å². The van der Waals surface area contributed by atoms with E-state index in [1.54, 1.807) is 6.07 Å². The van der Waals surface area contributed by atoms with Crippen LogP contribution in [-0.2, 0) is 6.61 Å². The van der Waals surface area contributed by atoms with E-state index in [9.17, 15) is 0 Å². The molecular weight excluding hydrogens is 264 g/mol. The van der Waals surface area contributed by atoms with Crippen molar-refractivity contribution in [3.05, 3.63) is 53.0 Å². The smallest absolute Gasteiger partial charge is 0.247 e. The Morgan fingerprint density at radius 1 is 1.26 bits per heavy atom. The summed E-state index contributed by atoms with van der Waals surface area (Å²) in [5.41, 5.74) is 2.29. The highest BCUT2D eigenvalue weighted by Crippen LogP contribution is 2.19. The van der Waals surface area contributed by atoms with Crippen molar-refractivity contribution in [1.29, 1.82) is 0 Å². The molecule has 2 aromatic heterocycles. The second-order valence-electron chi connectivity index (χ2n) is 4.19. The SMILES string of the molecule is Cc1ccc(OCc2nc3cc(Cl)cnc3o2)cc1. The summed E-state index contributed by atoms with van der Waals surface area (Å²) in [4.78, 5) is 8.32. The first-order chi connectivity index (χ1) is 9.20. The molecule has 0 fully saturated rings. The Kier molecular flexibility index (Phi) is 3.09. The fourth-order valence-corrected chi connectivity index (χ4v) is 1.84. The molecule has 3 rings (SSSR count). The van der Waals surface area contributed by atoms with E-state index in [1.165, 1.54) is 11.8 Å². The number of benzene rings is 1. The lowest BCUT2D eigenvalue weighted by atomic mass is 10.2. The van der Waals surface area contributed by atoms with Crippen LogP contribution in [0.2, 0.25) is 5.02 Å². The summed E-state index contributed by atoms with van der Waals surface area (Å²) in [6, 6.07) is 9.51. The molecule has 3 aromatic rings. The molecule has 0 aliphatic heterocycles. The first-order valence-electron chi connectivity index (χ1n) is 5.81. The lowest BCUT2D eigenvalue weighted by Crippen LogP contribution is -1.95. The largest absolute Gasteiger partial charge is 0.484 e. The first kappa shape index (κ1) is 12.0. The van der Waals surface area contributed by atoms with E-state index in [-0.39, 0.29) is 6.61 Å². The molecule has 0 amide bonds. The van der Waals surface area contributed by atoms with Crippen molar-refractivity contribution < 1.29 is 9.15 Å². The zero-order valence-electron chi connectivity index (χ0n) is 10.3. The van der Waals surface area contributed by atoms with Crippen molar-refractivity contribution in [2.45, 2.75) is 13.5 Å². The quantitative estimate of drug-likeness (QED) is 0.729. The van der Waals surface area contributed by atoms with Gasteiger partial charge in [0.25, 0.3) is 0 Å². The molecule has 1 aromatic carbocycles. The van der Waals surface area contributed by atoms with Crippen molar-refractivity contribution in [2.75, 3.05) is 0 Å². The van der Waals surface area contributed by atoms with Crippen LogP contribution in [0.3, 0.4) is 0 Å². The van der Waals surface area contributed by atoms with Gasteiger partial charge in [0.1, 0.15) is 11.3 Å². The molecule has 96 valence electrons. The van der Waals surface area contributed by atoms with Gasteiger partial charge in [0.15, 0.2) is 6.61 Å². The van der Waals surface area contributed by atoms with Gasteiger partial charge in [-0.05, 0) is 25.1 Å². The van der Waals surface area contributed by atoms with Gasteiger partial charge < -0.3 is 9.15 Å². The molecule has 0 spiro atoms. The maximum absolute atomic E-state index is 5.84. The number of aryl methyl sites for hydroxylation is 1. The van der Waals surface area contributed by atoms with Gasteiger partial charge in [-0.15, -0.1) is 0 Å². The second kappa shape index (κ2) is 4.90. The lowest BCUT2D eigenvalue weighted by Gasteiger charge is -2.02. The topological polar surface area (TPSA) is 48.2 Å². The van der Waals surface area contributed by atoms with Crippen LogP contribution in [0.25, 0.3) is 11.2 Å². The highest BCUT2D eigenvalue weighted by Gasteiger charge is 2.08. The van der Waals surface area contributed by atoms with E-state index >= 15 is 0 Å². The van der Waals surface area contributed by atoms with Crippen molar-refractivity contribution in [2.24, 2.45) is 0 Å². The van der Waals surface area contributed by atoms with Crippen LogP contribution in [0.4, 0.5) is 0 Å². The van der Waals surface area contributed by atoms with Crippen LogP contribution < -0.4 is 4.74 Å².